The van der Waals surface area contributed by atoms with Crippen molar-refractivity contribution in [1.82, 2.24) is 4.90 Å². The Kier molecular flexibility index (Phi) is 5.46. The minimum absolute atomic E-state index is 0.237. The van der Waals surface area contributed by atoms with Crippen LogP contribution in [0.4, 0.5) is 4.39 Å². The van der Waals surface area contributed by atoms with Gasteiger partial charge in [0.15, 0.2) is 6.61 Å². The number of carbonyl (C=O) groups excluding carboxylic acids is 1. The third-order valence-electron chi connectivity index (χ3n) is 4.11. The minimum Gasteiger partial charge on any atom is -0.482 e. The second-order valence-electron chi connectivity index (χ2n) is 6.19. The van der Waals surface area contributed by atoms with Crippen molar-refractivity contribution < 1.29 is 18.3 Å². The Hall–Kier alpha value is -2.86. The van der Waals surface area contributed by atoms with E-state index in [2.05, 4.69) is 0 Å². The quantitative estimate of drug-likeness (QED) is 0.620. The topological polar surface area (TPSA) is 59.8 Å². The van der Waals surface area contributed by atoms with Crippen molar-refractivity contribution in [3.63, 3.8) is 0 Å². The number of ether oxygens (including phenoxy) is 1. The molecule has 0 atom stereocenters. The summed E-state index contributed by atoms with van der Waals surface area (Å²) in [5.74, 6) is -0.355. The van der Waals surface area contributed by atoms with Gasteiger partial charge in [0.2, 0.25) is 0 Å². The Balaban J connectivity index is 1.70. The van der Waals surface area contributed by atoms with E-state index in [1.165, 1.54) is 29.2 Å². The summed E-state index contributed by atoms with van der Waals surface area (Å²) in [5, 5.41) is 1.01. The number of carbonyl (C=O) groups is 1. The van der Waals surface area contributed by atoms with Crippen LogP contribution < -0.4 is 10.4 Å². The summed E-state index contributed by atoms with van der Waals surface area (Å²) in [5.41, 5.74) is 1.41. The second kappa shape index (κ2) is 7.80. The van der Waals surface area contributed by atoms with Crippen molar-refractivity contribution in [2.75, 3.05) is 13.7 Å². The van der Waals surface area contributed by atoms with Gasteiger partial charge in [0, 0.05) is 31.1 Å². The van der Waals surface area contributed by atoms with Crippen LogP contribution in [0, 0.1) is 12.7 Å². The van der Waals surface area contributed by atoms with E-state index < -0.39 is 5.63 Å². The number of rotatable bonds is 5. The smallest absolute Gasteiger partial charge is 0.336 e. The van der Waals surface area contributed by atoms with Crippen LogP contribution in [-0.2, 0) is 11.3 Å². The lowest BCUT2D eigenvalue weighted by atomic mass is 10.1. The Bertz CT molecular complexity index is 1050. The molecule has 0 aliphatic heterocycles. The molecule has 1 aromatic heterocycles. The number of fused-ring (bicyclic) bond motifs is 1. The Morgan fingerprint density at radius 2 is 1.93 bits per heavy atom. The van der Waals surface area contributed by atoms with Gasteiger partial charge < -0.3 is 14.1 Å². The molecule has 0 saturated carbocycles. The first kappa shape index (κ1) is 18.9. The zero-order chi connectivity index (χ0) is 19.6. The maximum absolute atomic E-state index is 12.9. The molecule has 0 unspecified atom stereocenters. The highest BCUT2D eigenvalue weighted by atomic mass is 35.5. The average Bonchev–Trinajstić information content (AvgIpc) is 2.62. The molecule has 5 nitrogen and oxygen atoms in total. The highest BCUT2D eigenvalue weighted by molar-refractivity contribution is 6.32. The Morgan fingerprint density at radius 3 is 2.63 bits per heavy atom. The molecule has 3 aromatic rings. The number of likely N-dealkylation sites (N-methyl/N-ethyl adjacent to an activating group) is 1. The molecule has 0 aliphatic carbocycles. The van der Waals surface area contributed by atoms with Gasteiger partial charge in [-0.3, -0.25) is 4.79 Å². The van der Waals surface area contributed by atoms with E-state index in [0.717, 1.165) is 11.1 Å². The first-order valence-electron chi connectivity index (χ1n) is 8.18. The molecule has 3 rings (SSSR count). The van der Waals surface area contributed by atoms with E-state index in [1.807, 2.05) is 0 Å². The summed E-state index contributed by atoms with van der Waals surface area (Å²) in [4.78, 5) is 25.3. The summed E-state index contributed by atoms with van der Waals surface area (Å²) < 4.78 is 23.6. The molecular formula is C20H17ClFNO4. The van der Waals surface area contributed by atoms with Crippen molar-refractivity contribution in [2.24, 2.45) is 0 Å². The van der Waals surface area contributed by atoms with Crippen LogP contribution in [0.25, 0.3) is 11.0 Å². The molecule has 27 heavy (non-hydrogen) atoms. The number of halogens is 2. The summed E-state index contributed by atoms with van der Waals surface area (Å²) in [6, 6.07) is 10.4. The molecule has 0 spiro atoms. The standard InChI is InChI=1S/C20H17ClFNO4/c1-12-7-20(25)27-17-9-18(16(21)8-15(12)17)26-11-19(24)23(2)10-13-3-5-14(22)6-4-13/h3-9H,10-11H2,1-2H3. The van der Waals surface area contributed by atoms with E-state index in [4.69, 9.17) is 20.8 Å². The van der Waals surface area contributed by atoms with Crippen LogP contribution in [0.1, 0.15) is 11.1 Å². The number of hydrogen-bond acceptors (Lipinski definition) is 4. The third kappa shape index (κ3) is 4.46. The van der Waals surface area contributed by atoms with Crippen molar-refractivity contribution in [2.45, 2.75) is 13.5 Å². The second-order valence-corrected chi connectivity index (χ2v) is 6.60. The SMILES string of the molecule is Cc1cc(=O)oc2cc(OCC(=O)N(C)Cc3ccc(F)cc3)c(Cl)cc12. The van der Waals surface area contributed by atoms with E-state index in [-0.39, 0.29) is 24.1 Å². The lowest BCUT2D eigenvalue weighted by molar-refractivity contribution is -0.132. The van der Waals surface area contributed by atoms with Gasteiger partial charge in [-0.05, 0) is 36.2 Å². The lowest BCUT2D eigenvalue weighted by Crippen LogP contribution is -2.31. The first-order valence-corrected chi connectivity index (χ1v) is 8.56. The van der Waals surface area contributed by atoms with Crippen LogP contribution in [0.3, 0.4) is 0 Å². The molecule has 7 heteroatoms. The summed E-state index contributed by atoms with van der Waals surface area (Å²) >= 11 is 6.22. The highest BCUT2D eigenvalue weighted by Crippen LogP contribution is 2.31. The fraction of sp³-hybridized carbons (Fsp3) is 0.200. The van der Waals surface area contributed by atoms with Gasteiger partial charge in [-0.1, -0.05) is 23.7 Å². The average molecular weight is 390 g/mol. The van der Waals surface area contributed by atoms with Gasteiger partial charge in [-0.15, -0.1) is 0 Å². The van der Waals surface area contributed by atoms with Gasteiger partial charge in [-0.2, -0.15) is 0 Å². The van der Waals surface area contributed by atoms with Crippen LogP contribution >= 0.6 is 11.6 Å². The van der Waals surface area contributed by atoms with Gasteiger partial charge in [0.05, 0.1) is 5.02 Å². The molecular weight excluding hydrogens is 373 g/mol. The fourth-order valence-corrected chi connectivity index (χ4v) is 2.85. The van der Waals surface area contributed by atoms with Crippen LogP contribution in [-0.4, -0.2) is 24.5 Å². The minimum atomic E-state index is -0.469. The molecule has 0 bridgehead atoms. The monoisotopic (exact) mass is 389 g/mol. The zero-order valence-electron chi connectivity index (χ0n) is 14.8. The van der Waals surface area contributed by atoms with E-state index in [1.54, 1.807) is 32.2 Å². The molecule has 0 aliphatic rings. The molecule has 140 valence electrons. The number of aryl methyl sites for hydroxylation is 1. The van der Waals surface area contributed by atoms with Gasteiger partial charge >= 0.3 is 5.63 Å². The summed E-state index contributed by atoms with van der Waals surface area (Å²) in [6.45, 7) is 1.87. The Morgan fingerprint density at radius 1 is 1.22 bits per heavy atom. The van der Waals surface area contributed by atoms with Crippen molar-refractivity contribution >= 4 is 28.5 Å². The van der Waals surface area contributed by atoms with Crippen LogP contribution in [0.5, 0.6) is 5.75 Å². The molecule has 0 fully saturated rings. The maximum atomic E-state index is 12.9. The maximum Gasteiger partial charge on any atom is 0.336 e. The lowest BCUT2D eigenvalue weighted by Gasteiger charge is -2.18. The molecule has 2 aromatic carbocycles. The number of hydrogen-bond donors (Lipinski definition) is 0. The fourth-order valence-electron chi connectivity index (χ4n) is 2.63. The van der Waals surface area contributed by atoms with Gasteiger partial charge in [0.1, 0.15) is 17.1 Å². The van der Waals surface area contributed by atoms with Crippen LogP contribution in [0.2, 0.25) is 5.02 Å². The molecule has 0 N–H and O–H groups in total. The molecule has 0 saturated heterocycles. The largest absolute Gasteiger partial charge is 0.482 e. The van der Waals surface area contributed by atoms with Crippen molar-refractivity contribution in [3.8, 4) is 5.75 Å². The summed E-state index contributed by atoms with van der Waals surface area (Å²) in [7, 11) is 1.62. The zero-order valence-corrected chi connectivity index (χ0v) is 15.5. The van der Waals surface area contributed by atoms with Crippen molar-refractivity contribution in [1.29, 1.82) is 0 Å². The number of nitrogens with zero attached hydrogens (tertiary/aromatic N) is 1. The van der Waals surface area contributed by atoms with Crippen molar-refractivity contribution in [3.05, 3.63) is 74.9 Å². The van der Waals surface area contributed by atoms with E-state index >= 15 is 0 Å². The van der Waals surface area contributed by atoms with E-state index in [0.29, 0.717) is 22.5 Å². The first-order chi connectivity index (χ1) is 12.8. The summed E-state index contributed by atoms with van der Waals surface area (Å²) in [6.07, 6.45) is 0. The third-order valence-corrected chi connectivity index (χ3v) is 4.41. The normalized spacial score (nSPS) is 10.8. The number of amides is 1. The molecule has 0 radical (unpaired) electrons. The molecule has 1 heterocycles. The molecule has 1 amide bonds. The van der Waals surface area contributed by atoms with Gasteiger partial charge in [-0.25, -0.2) is 9.18 Å². The van der Waals surface area contributed by atoms with Crippen LogP contribution in [0.15, 0.2) is 51.7 Å². The van der Waals surface area contributed by atoms with E-state index in [9.17, 15) is 14.0 Å². The highest BCUT2D eigenvalue weighted by Gasteiger charge is 2.14. The Labute approximate surface area is 159 Å². The number of benzene rings is 2. The predicted octanol–water partition coefficient (Wildman–Crippen LogP) is 3.93. The van der Waals surface area contributed by atoms with Gasteiger partial charge in [0.25, 0.3) is 5.91 Å². The predicted molar refractivity (Wildman–Crippen MR) is 101 cm³/mol.